The maximum Gasteiger partial charge on any atom is 0.513 e. The Morgan fingerprint density at radius 3 is 1.75 bits per heavy atom. The Labute approximate surface area is 117 Å². The molecule has 0 aliphatic rings. The topological polar surface area (TPSA) is 71.1 Å². The summed E-state index contributed by atoms with van der Waals surface area (Å²) < 4.78 is 19.4. The van der Waals surface area contributed by atoms with Gasteiger partial charge < -0.3 is 18.9 Å². The molecule has 6 heteroatoms. The lowest BCUT2D eigenvalue weighted by molar-refractivity contribution is 0.0978. The Hall–Kier alpha value is -2.24. The minimum absolute atomic E-state index is 0.229. The van der Waals surface area contributed by atoms with Crippen molar-refractivity contribution in [3.8, 4) is 11.5 Å². The standard InChI is InChI=1S/C14H18O6/c1-3-8-17-13(15)19-11-6-5-7-12(10-11)20-14(16)18-9-4-2/h5-7,10H,3-4,8-9H2,1-2H3. The molecule has 0 unspecified atom stereocenters. The average molecular weight is 282 g/mol. The van der Waals surface area contributed by atoms with Gasteiger partial charge >= 0.3 is 12.3 Å². The minimum atomic E-state index is -0.794. The van der Waals surface area contributed by atoms with Crippen molar-refractivity contribution in [3.05, 3.63) is 24.3 Å². The third-order valence-electron chi connectivity index (χ3n) is 2.06. The molecule has 0 heterocycles. The van der Waals surface area contributed by atoms with Crippen LogP contribution >= 0.6 is 0 Å². The number of hydrogen-bond acceptors (Lipinski definition) is 6. The zero-order valence-electron chi connectivity index (χ0n) is 11.6. The molecule has 0 N–H and O–H groups in total. The fraction of sp³-hybridized carbons (Fsp3) is 0.429. The summed E-state index contributed by atoms with van der Waals surface area (Å²) in [6, 6.07) is 6.10. The van der Waals surface area contributed by atoms with Gasteiger partial charge in [-0.2, -0.15) is 0 Å². The van der Waals surface area contributed by atoms with E-state index in [4.69, 9.17) is 18.9 Å². The quantitative estimate of drug-likeness (QED) is 0.587. The predicted molar refractivity (Wildman–Crippen MR) is 71.0 cm³/mol. The highest BCUT2D eigenvalue weighted by Crippen LogP contribution is 2.20. The Morgan fingerprint density at radius 1 is 0.900 bits per heavy atom. The molecule has 6 nitrogen and oxygen atoms in total. The fourth-order valence-corrected chi connectivity index (χ4v) is 1.22. The maximum absolute atomic E-state index is 11.3. The monoisotopic (exact) mass is 282 g/mol. The Kier molecular flexibility index (Phi) is 6.95. The van der Waals surface area contributed by atoms with Gasteiger partial charge in [-0.15, -0.1) is 0 Å². The van der Waals surface area contributed by atoms with Crippen molar-refractivity contribution in [2.75, 3.05) is 13.2 Å². The van der Waals surface area contributed by atoms with Gasteiger partial charge in [0.15, 0.2) is 0 Å². The van der Waals surface area contributed by atoms with E-state index >= 15 is 0 Å². The molecule has 1 rings (SSSR count). The Morgan fingerprint density at radius 2 is 1.35 bits per heavy atom. The minimum Gasteiger partial charge on any atom is -0.434 e. The molecule has 20 heavy (non-hydrogen) atoms. The predicted octanol–water partition coefficient (Wildman–Crippen LogP) is 3.54. The summed E-state index contributed by atoms with van der Waals surface area (Å²) in [5.74, 6) is 0.457. The van der Waals surface area contributed by atoms with E-state index in [9.17, 15) is 9.59 Å². The van der Waals surface area contributed by atoms with Gasteiger partial charge in [0, 0.05) is 6.07 Å². The van der Waals surface area contributed by atoms with Crippen LogP contribution in [0.4, 0.5) is 9.59 Å². The van der Waals surface area contributed by atoms with Crippen LogP contribution in [0.2, 0.25) is 0 Å². The van der Waals surface area contributed by atoms with Gasteiger partial charge in [-0.05, 0) is 25.0 Å². The molecule has 0 saturated carbocycles. The van der Waals surface area contributed by atoms with Crippen molar-refractivity contribution in [1.29, 1.82) is 0 Å². The van der Waals surface area contributed by atoms with Gasteiger partial charge in [0.05, 0.1) is 13.2 Å². The van der Waals surface area contributed by atoms with Gasteiger partial charge in [-0.1, -0.05) is 19.9 Å². The van der Waals surface area contributed by atoms with Crippen LogP contribution in [0.15, 0.2) is 24.3 Å². The number of ether oxygens (including phenoxy) is 4. The van der Waals surface area contributed by atoms with Crippen molar-refractivity contribution in [1.82, 2.24) is 0 Å². The molecule has 0 aliphatic heterocycles. The Balaban J connectivity index is 2.52. The van der Waals surface area contributed by atoms with Crippen molar-refractivity contribution >= 4 is 12.3 Å². The van der Waals surface area contributed by atoms with Gasteiger partial charge in [0.2, 0.25) is 0 Å². The molecule has 0 fully saturated rings. The Bertz CT molecular complexity index is 406. The number of hydrogen-bond donors (Lipinski definition) is 0. The molecule has 0 amide bonds. The lowest BCUT2D eigenvalue weighted by Gasteiger charge is -2.07. The first-order chi connectivity index (χ1) is 9.65. The second kappa shape index (κ2) is 8.79. The highest BCUT2D eigenvalue weighted by atomic mass is 16.7. The molecule has 1 aromatic rings. The van der Waals surface area contributed by atoms with Crippen LogP contribution in [0.3, 0.4) is 0 Å². The molecule has 0 radical (unpaired) electrons. The van der Waals surface area contributed by atoms with Crippen molar-refractivity contribution in [2.45, 2.75) is 26.7 Å². The summed E-state index contributed by atoms with van der Waals surface area (Å²) in [7, 11) is 0. The number of carbonyl (C=O) groups is 2. The molecule has 0 spiro atoms. The first-order valence-electron chi connectivity index (χ1n) is 6.45. The van der Waals surface area contributed by atoms with Gasteiger partial charge in [0.25, 0.3) is 0 Å². The summed E-state index contributed by atoms with van der Waals surface area (Å²) in [6.45, 7) is 4.34. The van der Waals surface area contributed by atoms with E-state index in [-0.39, 0.29) is 11.5 Å². The van der Waals surface area contributed by atoms with Crippen LogP contribution < -0.4 is 9.47 Å². The molecule has 0 bridgehead atoms. The number of carbonyl (C=O) groups excluding carboxylic acids is 2. The summed E-state index contributed by atoms with van der Waals surface area (Å²) in [4.78, 5) is 22.5. The molecular weight excluding hydrogens is 264 g/mol. The lowest BCUT2D eigenvalue weighted by Crippen LogP contribution is -2.12. The van der Waals surface area contributed by atoms with E-state index < -0.39 is 12.3 Å². The third-order valence-corrected chi connectivity index (χ3v) is 2.06. The molecule has 0 aliphatic carbocycles. The van der Waals surface area contributed by atoms with E-state index in [0.29, 0.717) is 26.1 Å². The summed E-state index contributed by atoms with van der Waals surface area (Å²) in [5.41, 5.74) is 0. The summed E-state index contributed by atoms with van der Waals surface area (Å²) >= 11 is 0. The first-order valence-corrected chi connectivity index (χ1v) is 6.45. The van der Waals surface area contributed by atoms with Crippen LogP contribution in [0.25, 0.3) is 0 Å². The van der Waals surface area contributed by atoms with Crippen molar-refractivity contribution in [2.24, 2.45) is 0 Å². The smallest absolute Gasteiger partial charge is 0.434 e. The second-order valence-electron chi connectivity index (χ2n) is 3.88. The molecule has 0 atom stereocenters. The van der Waals surface area contributed by atoms with Gasteiger partial charge in [-0.25, -0.2) is 9.59 Å². The van der Waals surface area contributed by atoms with Crippen molar-refractivity contribution < 1.29 is 28.5 Å². The van der Waals surface area contributed by atoms with Gasteiger partial charge in [-0.3, -0.25) is 0 Å². The van der Waals surface area contributed by atoms with E-state index in [1.54, 1.807) is 18.2 Å². The third kappa shape index (κ3) is 6.08. The summed E-state index contributed by atoms with van der Waals surface area (Å²) in [6.07, 6.45) is -0.168. The maximum atomic E-state index is 11.3. The molecule has 110 valence electrons. The lowest BCUT2D eigenvalue weighted by atomic mass is 10.3. The van der Waals surface area contributed by atoms with Crippen LogP contribution in [-0.2, 0) is 9.47 Å². The van der Waals surface area contributed by atoms with Crippen LogP contribution in [0.1, 0.15) is 26.7 Å². The largest absolute Gasteiger partial charge is 0.513 e. The van der Waals surface area contributed by atoms with Crippen molar-refractivity contribution in [3.63, 3.8) is 0 Å². The normalized spacial score (nSPS) is 9.70. The number of benzene rings is 1. The molecule has 1 aromatic carbocycles. The van der Waals surface area contributed by atoms with E-state index in [2.05, 4.69) is 0 Å². The highest BCUT2D eigenvalue weighted by Gasteiger charge is 2.09. The van der Waals surface area contributed by atoms with E-state index in [0.717, 1.165) is 0 Å². The highest BCUT2D eigenvalue weighted by molar-refractivity contribution is 5.66. The zero-order chi connectivity index (χ0) is 14.8. The van der Waals surface area contributed by atoms with Crippen LogP contribution in [0, 0.1) is 0 Å². The second-order valence-corrected chi connectivity index (χ2v) is 3.88. The van der Waals surface area contributed by atoms with Gasteiger partial charge in [0.1, 0.15) is 11.5 Å². The SMILES string of the molecule is CCCOC(=O)Oc1cccc(OC(=O)OCCC)c1. The number of rotatable bonds is 6. The zero-order valence-corrected chi connectivity index (χ0v) is 11.6. The van der Waals surface area contributed by atoms with E-state index in [1.807, 2.05) is 13.8 Å². The van der Waals surface area contributed by atoms with E-state index in [1.165, 1.54) is 6.07 Å². The first kappa shape index (κ1) is 15.8. The fourth-order valence-electron chi connectivity index (χ4n) is 1.22. The average Bonchev–Trinajstić information content (AvgIpc) is 2.43. The summed E-state index contributed by atoms with van der Waals surface area (Å²) in [5, 5.41) is 0. The molecule has 0 aromatic heterocycles. The molecular formula is C14H18O6. The van der Waals surface area contributed by atoms with Crippen LogP contribution in [0.5, 0.6) is 11.5 Å². The van der Waals surface area contributed by atoms with Crippen LogP contribution in [-0.4, -0.2) is 25.5 Å². The molecule has 0 saturated heterocycles.